The van der Waals surface area contributed by atoms with Gasteiger partial charge in [-0.25, -0.2) is 0 Å². The normalized spacial score (nSPS) is 11.6. The van der Waals surface area contributed by atoms with Crippen LogP contribution < -0.4 is 4.98 Å². The summed E-state index contributed by atoms with van der Waals surface area (Å²) in [5.41, 5.74) is 2.63. The number of hydrogen-bond acceptors (Lipinski definition) is 4. The Morgan fingerprint density at radius 2 is 2.21 bits per heavy atom. The van der Waals surface area contributed by atoms with Crippen LogP contribution in [0.25, 0.3) is 17.5 Å². The van der Waals surface area contributed by atoms with Crippen LogP contribution >= 0.6 is 11.3 Å². The second-order valence-electron chi connectivity index (χ2n) is 4.10. The molecule has 0 saturated heterocycles. The van der Waals surface area contributed by atoms with Gasteiger partial charge >= 0.3 is 126 Å². The van der Waals surface area contributed by atoms with Gasteiger partial charge in [-0.1, -0.05) is 0 Å². The molecule has 0 bridgehead atoms. The molecule has 2 heterocycles. The third-order valence-electron chi connectivity index (χ3n) is 2.44. The Morgan fingerprint density at radius 1 is 1.47 bits per heavy atom. The van der Waals surface area contributed by atoms with Crippen LogP contribution in [0.5, 0.6) is 0 Å². The summed E-state index contributed by atoms with van der Waals surface area (Å²) in [6.45, 7) is 5.48. The summed E-state index contributed by atoms with van der Waals surface area (Å²) in [4.78, 5) is 25.4. The molecule has 0 N–H and O–H groups in total. The van der Waals surface area contributed by atoms with E-state index >= 15 is 0 Å². The fourth-order valence-corrected chi connectivity index (χ4v) is 2.58. The first kappa shape index (κ1) is 14.2. The Balaban J connectivity index is 2.38. The van der Waals surface area contributed by atoms with Gasteiger partial charge in [-0.15, -0.1) is 0 Å². The van der Waals surface area contributed by atoms with Crippen LogP contribution in [-0.2, 0) is 19.4 Å². The maximum atomic E-state index is 11.3. The van der Waals surface area contributed by atoms with E-state index in [0.29, 0.717) is 10.8 Å². The second kappa shape index (κ2) is 5.84. The minimum absolute atomic E-state index is 0.0154. The Kier molecular flexibility index (Phi) is 4.37. The van der Waals surface area contributed by atoms with Crippen molar-refractivity contribution in [3.63, 3.8) is 0 Å². The number of carbonyl (C=O) groups excluding carboxylic acids is 1. The van der Waals surface area contributed by atoms with Gasteiger partial charge in [0.2, 0.25) is 0 Å². The first-order chi connectivity index (χ1) is 9.01. The van der Waals surface area contributed by atoms with Crippen LogP contribution in [0.1, 0.15) is 34.4 Å². The number of rotatable bonds is 4. The number of allylic oxidation sites excluding steroid dienone is 1. The zero-order valence-electron chi connectivity index (χ0n) is 10.8. The maximum absolute atomic E-state index is 11.3. The number of carbonyl (C=O) groups is 1. The van der Waals surface area contributed by atoms with Crippen LogP contribution in [0, 0.1) is 6.92 Å². The molecule has 0 saturated carbocycles. The second-order valence-corrected chi connectivity index (χ2v) is 6.15. The number of Topliss-reactive ketones (excluding diaryl/α,β-unsaturated/α-hetero) is 1. The molecule has 0 spiro atoms. The van der Waals surface area contributed by atoms with Crippen molar-refractivity contribution in [2.45, 2.75) is 20.8 Å². The molecule has 6 heteroatoms. The number of hydrogen-bond donors (Lipinski definition) is 0. The van der Waals surface area contributed by atoms with E-state index in [4.69, 9.17) is 0 Å². The zero-order valence-corrected chi connectivity index (χ0v) is 14.5. The fourth-order valence-electron chi connectivity index (χ4n) is 1.51. The van der Waals surface area contributed by atoms with Gasteiger partial charge in [0.15, 0.2) is 0 Å². The molecule has 98 valence electrons. The Hall–Kier alpha value is -1.19. The quantitative estimate of drug-likeness (QED) is 0.683. The zero-order chi connectivity index (χ0) is 14.0. The van der Waals surface area contributed by atoms with Crippen molar-refractivity contribution >= 4 is 27.6 Å². The topological polar surface area (TPSA) is 57.0 Å². The van der Waals surface area contributed by atoms with E-state index in [-0.39, 0.29) is 5.78 Å². The number of aromatic nitrogens is 3. The van der Waals surface area contributed by atoms with Gasteiger partial charge in [0.05, 0.1) is 0 Å². The Labute approximate surface area is 126 Å². The van der Waals surface area contributed by atoms with E-state index in [1.807, 2.05) is 19.9 Å². The van der Waals surface area contributed by atoms with Gasteiger partial charge in [-0.2, -0.15) is 0 Å². The predicted octanol–water partition coefficient (Wildman–Crippen LogP) is 2.43. The van der Waals surface area contributed by atoms with Gasteiger partial charge in [0.1, 0.15) is 0 Å². The van der Waals surface area contributed by atoms with Crippen LogP contribution in [0.3, 0.4) is 0 Å². The summed E-state index contributed by atoms with van der Waals surface area (Å²) in [5.74, 6) is 0.667. The third-order valence-corrected chi connectivity index (χ3v) is 4.84. The van der Waals surface area contributed by atoms with Crippen molar-refractivity contribution in [3.05, 3.63) is 27.5 Å². The number of nitrogens with zero attached hydrogens (tertiary/aromatic N) is 3. The molecule has 0 amide bonds. The van der Waals surface area contributed by atoms with Crippen LogP contribution in [0.4, 0.5) is 0 Å². The molecule has 2 aromatic rings. The van der Waals surface area contributed by atoms with Gasteiger partial charge in [-0.05, 0) is 0 Å². The van der Waals surface area contributed by atoms with Crippen molar-refractivity contribution in [3.8, 4) is 11.4 Å². The van der Waals surface area contributed by atoms with Crippen molar-refractivity contribution in [1.29, 1.82) is 0 Å². The predicted molar refractivity (Wildman–Crippen MR) is 73.1 cm³/mol. The summed E-state index contributed by atoms with van der Waals surface area (Å²) < 4.78 is 2.08. The number of ketones is 1. The average molecular weight is 442 g/mol. The summed E-state index contributed by atoms with van der Waals surface area (Å²) in [6, 6.07) is 0. The molecular formula is C13H12N3OSW-. The van der Waals surface area contributed by atoms with Crippen LogP contribution in [-0.4, -0.2) is 20.2 Å². The molecule has 4 nitrogen and oxygen atoms in total. The van der Waals surface area contributed by atoms with Gasteiger partial charge in [-0.3, -0.25) is 0 Å². The first-order valence-electron chi connectivity index (χ1n) is 5.63. The molecule has 0 radical (unpaired) electrons. The van der Waals surface area contributed by atoms with E-state index in [1.165, 1.54) is 37.6 Å². The van der Waals surface area contributed by atoms with E-state index in [0.717, 1.165) is 21.8 Å². The van der Waals surface area contributed by atoms with Gasteiger partial charge < -0.3 is 0 Å². The van der Waals surface area contributed by atoms with Gasteiger partial charge in [0.25, 0.3) is 0 Å². The van der Waals surface area contributed by atoms with Crippen molar-refractivity contribution in [1.82, 2.24) is 15.0 Å². The molecule has 0 unspecified atom stereocenters. The molecule has 2 rings (SSSR count). The average Bonchev–Trinajstić information content (AvgIpc) is 2.95. The monoisotopic (exact) mass is 442 g/mol. The molecule has 19 heavy (non-hydrogen) atoms. The minimum atomic E-state index is -0.0154. The van der Waals surface area contributed by atoms with Crippen molar-refractivity contribution in [2.75, 3.05) is 0 Å². The van der Waals surface area contributed by atoms with E-state index in [2.05, 4.69) is 19.4 Å². The van der Waals surface area contributed by atoms with E-state index in [9.17, 15) is 4.79 Å². The number of thiazole rings is 1. The molecule has 0 aliphatic rings. The summed E-state index contributed by atoms with van der Waals surface area (Å²) >= 11 is 2.80. The van der Waals surface area contributed by atoms with Crippen LogP contribution in [0.2, 0.25) is 0 Å². The fraction of sp³-hybridized carbons (Fsp3) is 0.231. The van der Waals surface area contributed by atoms with Crippen molar-refractivity contribution < 1.29 is 24.1 Å². The molecule has 2 aromatic heterocycles. The summed E-state index contributed by atoms with van der Waals surface area (Å²) in [5, 5.41) is 0.522. The standard InChI is InChI=1S/C13H12N3OS.W/c1-7(2)5-11-14-6-10(15-11)12-9(4)18-13(16-12)8(3)17;/h1,5-6H,2-4H3;/q-1;/b7-5+;. The summed E-state index contributed by atoms with van der Waals surface area (Å²) in [7, 11) is 0. The molecular weight excluding hydrogens is 430 g/mol. The SMILES string of the molecule is CC(=O)c1nc(-c2cnc(/C=C(/C)[CH]=[W])[n-]2)c(C)s1. The molecule has 0 aliphatic heterocycles. The molecule has 0 aromatic carbocycles. The Bertz CT molecular complexity index is 669. The molecule has 0 aliphatic carbocycles. The third kappa shape index (κ3) is 3.22. The first-order valence-corrected chi connectivity index (χ1v) is 8.14. The number of imidazole rings is 1. The molecule has 0 fully saturated rings. The number of aryl methyl sites for hydroxylation is 1. The van der Waals surface area contributed by atoms with E-state index < -0.39 is 0 Å². The van der Waals surface area contributed by atoms with E-state index in [1.54, 1.807) is 6.20 Å². The van der Waals surface area contributed by atoms with Crippen LogP contribution in [0.15, 0.2) is 11.8 Å². The molecule has 0 atom stereocenters. The summed E-state index contributed by atoms with van der Waals surface area (Å²) in [6.07, 6.45) is 3.64. The van der Waals surface area contributed by atoms with Gasteiger partial charge in [0, 0.05) is 0 Å². The Morgan fingerprint density at radius 3 is 2.79 bits per heavy atom. The van der Waals surface area contributed by atoms with Crippen molar-refractivity contribution in [2.24, 2.45) is 0 Å².